The van der Waals surface area contributed by atoms with Gasteiger partial charge in [-0.25, -0.2) is 0 Å². The summed E-state index contributed by atoms with van der Waals surface area (Å²) in [5.74, 6) is -1.08. The lowest BCUT2D eigenvalue weighted by Gasteiger charge is -2.14. The van der Waals surface area contributed by atoms with E-state index in [-0.39, 0.29) is 27.9 Å². The number of nitrogens with one attached hydrogen (secondary N) is 3. The molecular weight excluding hydrogens is 490 g/mol. The van der Waals surface area contributed by atoms with Gasteiger partial charge in [-0.05, 0) is 49.7 Å². The zero-order chi connectivity index (χ0) is 23.6. The monoisotopic (exact) mass is 503 g/mol. The summed E-state index contributed by atoms with van der Waals surface area (Å²) in [6, 6.07) is 9.28. The second kappa shape index (κ2) is 9.40. The van der Waals surface area contributed by atoms with Gasteiger partial charge >= 0.3 is 6.18 Å². The second-order valence-electron chi connectivity index (χ2n) is 6.69. The van der Waals surface area contributed by atoms with Crippen LogP contribution >= 0.6 is 34.8 Å². The maximum atomic E-state index is 13.1. The number of aromatic amines is 1. The first-order valence-corrected chi connectivity index (χ1v) is 10.1. The molecule has 1 amide bonds. The van der Waals surface area contributed by atoms with Crippen molar-refractivity contribution >= 4 is 58.2 Å². The van der Waals surface area contributed by atoms with Crippen LogP contribution in [0.5, 0.6) is 0 Å². The van der Waals surface area contributed by atoms with Gasteiger partial charge in [-0.2, -0.15) is 23.3 Å². The second-order valence-corrected chi connectivity index (χ2v) is 7.94. The first-order chi connectivity index (χ1) is 15.0. The number of H-pyrrole nitrogens is 1. The molecule has 168 valence electrons. The van der Waals surface area contributed by atoms with E-state index in [1.165, 1.54) is 25.1 Å². The highest BCUT2D eigenvalue weighted by Crippen LogP contribution is 2.33. The number of amides is 1. The van der Waals surface area contributed by atoms with Crippen LogP contribution in [0.25, 0.3) is 0 Å². The van der Waals surface area contributed by atoms with Gasteiger partial charge in [-0.15, -0.1) is 0 Å². The van der Waals surface area contributed by atoms with Gasteiger partial charge in [0.25, 0.3) is 5.91 Å². The predicted octanol–water partition coefficient (Wildman–Crippen LogP) is 6.73. The Morgan fingerprint density at radius 1 is 1.03 bits per heavy atom. The minimum absolute atomic E-state index is 0.0458. The Balaban J connectivity index is 2.00. The molecule has 12 heteroatoms. The Labute approximate surface area is 195 Å². The van der Waals surface area contributed by atoms with Gasteiger partial charge in [-0.1, -0.05) is 40.9 Å². The molecule has 0 aliphatic heterocycles. The quantitative estimate of drug-likeness (QED) is 0.273. The van der Waals surface area contributed by atoms with Crippen LogP contribution in [0.1, 0.15) is 27.2 Å². The molecule has 3 N–H and O–H groups in total. The third-order valence-corrected chi connectivity index (χ3v) is 5.13. The minimum Gasteiger partial charge on any atom is -0.324 e. The van der Waals surface area contributed by atoms with Crippen molar-refractivity contribution in [1.29, 1.82) is 0 Å². The fourth-order valence-corrected chi connectivity index (χ4v) is 3.45. The molecule has 0 fully saturated rings. The summed E-state index contributed by atoms with van der Waals surface area (Å²) in [6.45, 7) is 3.06. The highest BCUT2D eigenvalue weighted by atomic mass is 35.5. The summed E-state index contributed by atoms with van der Waals surface area (Å²) in [5, 5.41) is 11.7. The maximum Gasteiger partial charge on any atom is 0.435 e. The van der Waals surface area contributed by atoms with Crippen LogP contribution in [0.2, 0.25) is 15.1 Å². The first kappa shape index (κ1) is 23.9. The molecule has 3 aromatic rings. The molecule has 3 rings (SSSR count). The van der Waals surface area contributed by atoms with E-state index in [1.807, 2.05) is 6.92 Å². The number of hydrogen-bond acceptors (Lipinski definition) is 2. The molecule has 0 unspecified atom stereocenters. The van der Waals surface area contributed by atoms with Crippen LogP contribution in [0.15, 0.2) is 41.4 Å². The van der Waals surface area contributed by atoms with Crippen molar-refractivity contribution in [2.75, 3.05) is 10.6 Å². The number of anilines is 2. The number of halogens is 6. The van der Waals surface area contributed by atoms with Gasteiger partial charge < -0.3 is 10.6 Å². The number of hydrogen-bond donors (Lipinski definition) is 3. The summed E-state index contributed by atoms with van der Waals surface area (Å²) in [4.78, 5) is 16.7. The summed E-state index contributed by atoms with van der Waals surface area (Å²) >= 11 is 18.2. The fourth-order valence-electron chi connectivity index (χ4n) is 2.67. The number of guanidine groups is 1. The van der Waals surface area contributed by atoms with Crippen molar-refractivity contribution in [2.45, 2.75) is 20.0 Å². The molecule has 6 nitrogen and oxygen atoms in total. The smallest absolute Gasteiger partial charge is 0.324 e. The SMILES string of the molecule is Cc1ccc(N/C(=N/C(=O)c2ccc(Cl)cc2Cl)Nc2[nH]nc(C(F)(F)F)c2C)c(Cl)c1. The number of aromatic nitrogens is 2. The van der Waals surface area contributed by atoms with E-state index in [0.717, 1.165) is 5.56 Å². The van der Waals surface area contributed by atoms with Gasteiger partial charge in [-0.3, -0.25) is 9.89 Å². The molecular formula is C20H15Cl3F3N5O. The van der Waals surface area contributed by atoms with E-state index in [1.54, 1.807) is 18.2 Å². The Bertz CT molecular complexity index is 1210. The molecule has 0 saturated heterocycles. The molecule has 2 aromatic carbocycles. The molecule has 1 heterocycles. The van der Waals surface area contributed by atoms with E-state index in [4.69, 9.17) is 34.8 Å². The standard InChI is InChI=1S/C20H15Cl3F3N5O/c1-9-3-6-15(14(23)7-9)27-19(28-17-10(2)16(30-31-17)20(24,25)26)29-18(32)12-5-4-11(21)8-13(12)22/h3-8H,1-2H3,(H3,27,28,29,30,31,32). The van der Waals surface area contributed by atoms with Gasteiger partial charge in [0, 0.05) is 10.6 Å². The van der Waals surface area contributed by atoms with Crippen LogP contribution in [0.4, 0.5) is 24.7 Å². The van der Waals surface area contributed by atoms with Crippen LogP contribution < -0.4 is 10.6 Å². The Kier molecular flexibility index (Phi) is 7.02. The van der Waals surface area contributed by atoms with Crippen molar-refractivity contribution in [3.63, 3.8) is 0 Å². The number of alkyl halides is 3. The normalized spacial score (nSPS) is 12.1. The molecule has 0 aliphatic carbocycles. The number of aryl methyl sites for hydroxylation is 1. The minimum atomic E-state index is -4.65. The Morgan fingerprint density at radius 3 is 2.34 bits per heavy atom. The Hall–Kier alpha value is -2.75. The summed E-state index contributed by atoms with van der Waals surface area (Å²) in [5.41, 5.74) is -0.00904. The van der Waals surface area contributed by atoms with Crippen molar-refractivity contribution in [2.24, 2.45) is 4.99 Å². The van der Waals surface area contributed by atoms with Gasteiger partial charge in [0.1, 0.15) is 5.82 Å². The zero-order valence-electron chi connectivity index (χ0n) is 16.5. The van der Waals surface area contributed by atoms with E-state index < -0.39 is 17.8 Å². The van der Waals surface area contributed by atoms with E-state index in [9.17, 15) is 18.0 Å². The predicted molar refractivity (Wildman–Crippen MR) is 120 cm³/mol. The number of rotatable bonds is 3. The van der Waals surface area contributed by atoms with Crippen LogP contribution in [0.3, 0.4) is 0 Å². The summed E-state index contributed by atoms with van der Waals surface area (Å²) < 4.78 is 39.3. The number of carbonyl (C=O) groups excluding carboxylic acids is 1. The Morgan fingerprint density at radius 2 is 1.75 bits per heavy atom. The van der Waals surface area contributed by atoms with Crippen molar-refractivity contribution in [3.05, 3.63) is 73.9 Å². The van der Waals surface area contributed by atoms with Gasteiger partial charge in [0.05, 0.1) is 21.3 Å². The zero-order valence-corrected chi connectivity index (χ0v) is 18.8. The molecule has 0 bridgehead atoms. The van der Waals surface area contributed by atoms with Gasteiger partial charge in [0.15, 0.2) is 5.69 Å². The molecule has 0 spiro atoms. The lowest BCUT2D eigenvalue weighted by atomic mass is 10.2. The number of carbonyl (C=O) groups is 1. The van der Waals surface area contributed by atoms with Crippen molar-refractivity contribution in [1.82, 2.24) is 10.2 Å². The van der Waals surface area contributed by atoms with E-state index in [0.29, 0.717) is 15.7 Å². The summed E-state index contributed by atoms with van der Waals surface area (Å²) in [7, 11) is 0. The lowest BCUT2D eigenvalue weighted by molar-refractivity contribution is -0.141. The molecule has 32 heavy (non-hydrogen) atoms. The van der Waals surface area contributed by atoms with Gasteiger partial charge in [0.2, 0.25) is 5.96 Å². The number of aliphatic imine (C=N–C) groups is 1. The first-order valence-electron chi connectivity index (χ1n) is 8.96. The molecule has 0 saturated carbocycles. The number of benzene rings is 2. The molecule has 0 aliphatic rings. The van der Waals surface area contributed by atoms with E-state index >= 15 is 0 Å². The third-order valence-electron chi connectivity index (χ3n) is 4.27. The maximum absolute atomic E-state index is 13.1. The van der Waals surface area contributed by atoms with Crippen LogP contribution in [-0.4, -0.2) is 22.1 Å². The molecule has 0 atom stereocenters. The van der Waals surface area contributed by atoms with Crippen LogP contribution in [-0.2, 0) is 6.18 Å². The largest absolute Gasteiger partial charge is 0.435 e. The van der Waals surface area contributed by atoms with Crippen LogP contribution in [0, 0.1) is 13.8 Å². The highest BCUT2D eigenvalue weighted by molar-refractivity contribution is 6.37. The topological polar surface area (TPSA) is 82.2 Å². The fraction of sp³-hybridized carbons (Fsp3) is 0.150. The molecule has 0 radical (unpaired) electrons. The average molecular weight is 505 g/mol. The third kappa shape index (κ3) is 5.53. The number of nitrogens with zero attached hydrogens (tertiary/aromatic N) is 2. The van der Waals surface area contributed by atoms with E-state index in [2.05, 4.69) is 25.8 Å². The average Bonchev–Trinajstić information content (AvgIpc) is 3.04. The molecule has 1 aromatic heterocycles. The lowest BCUT2D eigenvalue weighted by Crippen LogP contribution is -2.24. The van der Waals surface area contributed by atoms with Crippen molar-refractivity contribution < 1.29 is 18.0 Å². The highest BCUT2D eigenvalue weighted by Gasteiger charge is 2.36. The summed E-state index contributed by atoms with van der Waals surface area (Å²) in [6.07, 6.45) is -4.65. The van der Waals surface area contributed by atoms with Crippen molar-refractivity contribution in [3.8, 4) is 0 Å².